The molecule has 0 aromatic heterocycles. The predicted molar refractivity (Wildman–Crippen MR) is 63.9 cm³/mol. The molecule has 5 nitrogen and oxygen atoms in total. The van der Waals surface area contributed by atoms with Gasteiger partial charge in [-0.25, -0.2) is 9.59 Å². The topological polar surface area (TPSA) is 91.7 Å². The molecule has 0 bridgehead atoms. The molecule has 5 heteroatoms. The molecule has 0 aromatic carbocycles. The maximum atomic E-state index is 9.94. The van der Waals surface area contributed by atoms with E-state index in [0.29, 0.717) is 0 Å². The van der Waals surface area contributed by atoms with Crippen molar-refractivity contribution in [1.82, 2.24) is 0 Å². The number of aldehydes is 1. The van der Waals surface area contributed by atoms with Crippen LogP contribution >= 0.6 is 0 Å². The van der Waals surface area contributed by atoms with Crippen LogP contribution in [0.4, 0.5) is 0 Å². The lowest BCUT2D eigenvalue weighted by Crippen LogP contribution is -2.09. The number of carbonyl (C=O) groups excluding carboxylic acids is 1. The molecule has 0 radical (unpaired) electrons. The molecule has 0 aliphatic heterocycles. The Kier molecular flexibility index (Phi) is 15.5. The number of unbranched alkanes of at least 4 members (excludes halogenated alkanes) is 7. The minimum Gasteiger partial charge on any atom is -0.473 e. The van der Waals surface area contributed by atoms with Gasteiger partial charge >= 0.3 is 11.9 Å². The Balaban J connectivity index is 0. The van der Waals surface area contributed by atoms with Crippen molar-refractivity contribution < 1.29 is 24.6 Å². The highest BCUT2D eigenvalue weighted by Crippen LogP contribution is 2.07. The lowest BCUT2D eigenvalue weighted by Gasteiger charge is -1.97. The van der Waals surface area contributed by atoms with E-state index >= 15 is 0 Å². The van der Waals surface area contributed by atoms with Gasteiger partial charge in [-0.1, -0.05) is 45.4 Å². The van der Waals surface area contributed by atoms with Gasteiger partial charge in [0.05, 0.1) is 0 Å². The van der Waals surface area contributed by atoms with Gasteiger partial charge in [0.2, 0.25) is 0 Å². The molecule has 17 heavy (non-hydrogen) atoms. The maximum absolute atomic E-state index is 9.94. The lowest BCUT2D eigenvalue weighted by atomic mass is 10.1. The summed E-state index contributed by atoms with van der Waals surface area (Å²) in [4.78, 5) is 28.1. The van der Waals surface area contributed by atoms with Crippen molar-refractivity contribution in [3.8, 4) is 0 Å². The highest BCUT2D eigenvalue weighted by atomic mass is 16.4. The van der Waals surface area contributed by atoms with Gasteiger partial charge < -0.3 is 15.0 Å². The van der Waals surface area contributed by atoms with E-state index in [0.717, 1.165) is 19.1 Å². The van der Waals surface area contributed by atoms with Crippen LogP contribution in [0.3, 0.4) is 0 Å². The first-order chi connectivity index (χ1) is 8.06. The fourth-order valence-corrected chi connectivity index (χ4v) is 1.18. The minimum absolute atomic E-state index is 0.758. The van der Waals surface area contributed by atoms with Crippen molar-refractivity contribution in [2.45, 2.75) is 58.3 Å². The zero-order valence-corrected chi connectivity index (χ0v) is 10.4. The largest absolute Gasteiger partial charge is 0.473 e. The molecule has 100 valence electrons. The molecular weight excluding hydrogens is 224 g/mol. The molecule has 0 aliphatic rings. The molecule has 0 rings (SSSR count). The molecule has 0 heterocycles. The number of hydrogen-bond acceptors (Lipinski definition) is 3. The molecule has 0 atom stereocenters. The van der Waals surface area contributed by atoms with Gasteiger partial charge in [-0.3, -0.25) is 0 Å². The summed E-state index contributed by atoms with van der Waals surface area (Å²) in [6.07, 6.45) is 10.8. The molecule has 0 spiro atoms. The van der Waals surface area contributed by atoms with E-state index in [1.54, 1.807) is 0 Å². The average molecular weight is 246 g/mol. The van der Waals surface area contributed by atoms with Crippen LogP contribution in [0, 0.1) is 0 Å². The first-order valence-corrected chi connectivity index (χ1v) is 5.96. The van der Waals surface area contributed by atoms with E-state index in [1.807, 2.05) is 0 Å². The van der Waals surface area contributed by atoms with E-state index in [2.05, 4.69) is 6.92 Å². The van der Waals surface area contributed by atoms with E-state index < -0.39 is 11.9 Å². The number of aliphatic carboxylic acids is 2. The number of hydrogen-bond donors (Lipinski definition) is 2. The number of carbonyl (C=O) groups is 3. The molecule has 0 amide bonds. The van der Waals surface area contributed by atoms with Crippen LogP contribution in [-0.2, 0) is 14.4 Å². The van der Waals surface area contributed by atoms with Crippen molar-refractivity contribution in [1.29, 1.82) is 0 Å². The van der Waals surface area contributed by atoms with Gasteiger partial charge in [-0.15, -0.1) is 0 Å². The Hall–Kier alpha value is -1.39. The minimum atomic E-state index is -1.82. The Labute approximate surface area is 102 Å². The van der Waals surface area contributed by atoms with Crippen molar-refractivity contribution >= 4 is 18.2 Å². The fourth-order valence-electron chi connectivity index (χ4n) is 1.18. The van der Waals surface area contributed by atoms with Crippen LogP contribution in [0.15, 0.2) is 0 Å². The summed E-state index contributed by atoms with van der Waals surface area (Å²) in [5.74, 6) is -3.65. The first-order valence-electron chi connectivity index (χ1n) is 5.96. The SMILES string of the molecule is CCCCCCCCCC=O.O=C(O)C(=O)O. The first kappa shape index (κ1) is 18.0. The Morgan fingerprint density at radius 1 is 0.882 bits per heavy atom. The van der Waals surface area contributed by atoms with E-state index in [9.17, 15) is 4.79 Å². The predicted octanol–water partition coefficient (Wildman–Crippen LogP) is 2.48. The molecule has 0 saturated carbocycles. The number of rotatable bonds is 8. The fraction of sp³-hybridized carbons (Fsp3) is 0.750. The van der Waals surface area contributed by atoms with Crippen LogP contribution in [0.1, 0.15) is 58.3 Å². The summed E-state index contributed by atoms with van der Waals surface area (Å²) in [6, 6.07) is 0. The van der Waals surface area contributed by atoms with Crippen LogP contribution in [-0.4, -0.2) is 28.4 Å². The van der Waals surface area contributed by atoms with Crippen LogP contribution < -0.4 is 0 Å². The third-order valence-electron chi connectivity index (χ3n) is 2.11. The van der Waals surface area contributed by atoms with Crippen molar-refractivity contribution in [2.75, 3.05) is 0 Å². The third-order valence-corrected chi connectivity index (χ3v) is 2.11. The molecule has 2 N–H and O–H groups in total. The van der Waals surface area contributed by atoms with Crippen LogP contribution in [0.5, 0.6) is 0 Å². The summed E-state index contributed by atoms with van der Waals surface area (Å²) in [5, 5.41) is 14.8. The second-order valence-electron chi connectivity index (χ2n) is 3.69. The molecule has 0 aliphatic carbocycles. The summed E-state index contributed by atoms with van der Waals surface area (Å²) in [7, 11) is 0. The highest BCUT2D eigenvalue weighted by molar-refractivity contribution is 6.27. The van der Waals surface area contributed by atoms with E-state index in [-0.39, 0.29) is 0 Å². The zero-order chi connectivity index (χ0) is 13.5. The summed E-state index contributed by atoms with van der Waals surface area (Å²) in [6.45, 7) is 2.23. The summed E-state index contributed by atoms with van der Waals surface area (Å²) >= 11 is 0. The molecule has 0 unspecified atom stereocenters. The lowest BCUT2D eigenvalue weighted by molar-refractivity contribution is -0.159. The summed E-state index contributed by atoms with van der Waals surface area (Å²) in [5.41, 5.74) is 0. The molecule has 0 aromatic rings. The van der Waals surface area contributed by atoms with Crippen LogP contribution in [0.25, 0.3) is 0 Å². The van der Waals surface area contributed by atoms with Gasteiger partial charge in [0.25, 0.3) is 0 Å². The molecule has 0 saturated heterocycles. The van der Waals surface area contributed by atoms with E-state index in [1.165, 1.54) is 38.5 Å². The summed E-state index contributed by atoms with van der Waals surface area (Å²) < 4.78 is 0. The van der Waals surface area contributed by atoms with Gasteiger partial charge in [0, 0.05) is 6.42 Å². The van der Waals surface area contributed by atoms with E-state index in [4.69, 9.17) is 19.8 Å². The Bertz CT molecular complexity index is 201. The van der Waals surface area contributed by atoms with Crippen molar-refractivity contribution in [2.24, 2.45) is 0 Å². The zero-order valence-electron chi connectivity index (χ0n) is 10.4. The number of carboxylic acid groups (broad SMARTS) is 2. The molecular formula is C12H22O5. The monoisotopic (exact) mass is 246 g/mol. The smallest absolute Gasteiger partial charge is 0.414 e. The Morgan fingerprint density at radius 3 is 1.65 bits per heavy atom. The molecule has 0 fully saturated rings. The highest BCUT2D eigenvalue weighted by Gasteiger charge is 2.04. The standard InChI is InChI=1S/C10H20O.C2H2O4/c1-2-3-4-5-6-7-8-9-10-11;3-1(4)2(5)6/h10H,2-9H2,1H3;(H,3,4)(H,5,6). The quantitative estimate of drug-likeness (QED) is 0.390. The maximum Gasteiger partial charge on any atom is 0.414 e. The van der Waals surface area contributed by atoms with Gasteiger partial charge in [0.1, 0.15) is 6.29 Å². The second-order valence-corrected chi connectivity index (χ2v) is 3.69. The van der Waals surface area contributed by atoms with Crippen molar-refractivity contribution in [3.05, 3.63) is 0 Å². The average Bonchev–Trinajstić information content (AvgIpc) is 2.29. The van der Waals surface area contributed by atoms with Crippen molar-refractivity contribution in [3.63, 3.8) is 0 Å². The number of carboxylic acids is 2. The van der Waals surface area contributed by atoms with Crippen LogP contribution in [0.2, 0.25) is 0 Å². The second kappa shape index (κ2) is 14.6. The van der Waals surface area contributed by atoms with Gasteiger partial charge in [-0.05, 0) is 6.42 Å². The van der Waals surface area contributed by atoms with Gasteiger partial charge in [-0.2, -0.15) is 0 Å². The Morgan fingerprint density at radius 2 is 1.29 bits per heavy atom. The normalized spacial score (nSPS) is 9.00. The van der Waals surface area contributed by atoms with Gasteiger partial charge in [0.15, 0.2) is 0 Å². The third kappa shape index (κ3) is 20.6.